The van der Waals surface area contributed by atoms with E-state index in [4.69, 9.17) is 4.74 Å². The number of aryl methyl sites for hydroxylation is 1. The summed E-state index contributed by atoms with van der Waals surface area (Å²) >= 11 is 0. The van der Waals surface area contributed by atoms with E-state index in [2.05, 4.69) is 36.2 Å². The van der Waals surface area contributed by atoms with Crippen LogP contribution < -0.4 is 5.32 Å². The fourth-order valence-corrected chi connectivity index (χ4v) is 2.49. The maximum Gasteiger partial charge on any atom is 0.138 e. The van der Waals surface area contributed by atoms with Crippen LogP contribution in [0.1, 0.15) is 39.4 Å². The first-order chi connectivity index (χ1) is 8.90. The topological polar surface area (TPSA) is 52.0 Å². The van der Waals surface area contributed by atoms with Crippen molar-refractivity contribution in [1.82, 2.24) is 20.1 Å². The second kappa shape index (κ2) is 5.59. The van der Waals surface area contributed by atoms with Gasteiger partial charge >= 0.3 is 0 Å². The molecular formula is C14H26N4O. The Bertz CT molecular complexity index is 402. The lowest BCUT2D eigenvalue weighted by molar-refractivity contribution is 0.0108. The molecule has 0 atom stereocenters. The predicted octanol–water partition coefficient (Wildman–Crippen LogP) is 1.54. The van der Waals surface area contributed by atoms with Crippen LogP contribution in [0.2, 0.25) is 0 Å². The molecule has 5 nitrogen and oxygen atoms in total. The lowest BCUT2D eigenvalue weighted by Crippen LogP contribution is -2.47. The van der Waals surface area contributed by atoms with Crippen LogP contribution in [0.25, 0.3) is 0 Å². The summed E-state index contributed by atoms with van der Waals surface area (Å²) in [5.41, 5.74) is 0.386. The SMILES string of the molecule is Cn1ncnc1CC1(CNC(C)(C)C)CCOCC1. The summed E-state index contributed by atoms with van der Waals surface area (Å²) in [6.07, 6.45) is 4.78. The molecular weight excluding hydrogens is 240 g/mol. The molecule has 1 fully saturated rings. The van der Waals surface area contributed by atoms with Crippen LogP contribution in [0, 0.1) is 5.41 Å². The standard InChI is InChI=1S/C14H26N4O/c1-13(2,3)16-10-14(5-7-19-8-6-14)9-12-15-11-17-18(12)4/h11,16H,5-10H2,1-4H3. The molecule has 0 aromatic carbocycles. The molecule has 0 bridgehead atoms. The fraction of sp³-hybridized carbons (Fsp3) is 0.857. The van der Waals surface area contributed by atoms with Crippen molar-refractivity contribution in [3.8, 4) is 0 Å². The minimum atomic E-state index is 0.144. The molecule has 19 heavy (non-hydrogen) atoms. The molecule has 1 aliphatic heterocycles. The van der Waals surface area contributed by atoms with E-state index in [-0.39, 0.29) is 11.0 Å². The molecule has 2 rings (SSSR count). The summed E-state index contributed by atoms with van der Waals surface area (Å²) in [7, 11) is 1.96. The molecule has 1 aromatic heterocycles. The van der Waals surface area contributed by atoms with E-state index >= 15 is 0 Å². The average molecular weight is 266 g/mol. The Morgan fingerprint density at radius 1 is 1.37 bits per heavy atom. The Morgan fingerprint density at radius 3 is 2.58 bits per heavy atom. The fourth-order valence-electron chi connectivity index (χ4n) is 2.49. The molecule has 1 N–H and O–H groups in total. The third kappa shape index (κ3) is 4.01. The lowest BCUT2D eigenvalue weighted by atomic mass is 9.76. The second-order valence-corrected chi connectivity index (χ2v) is 6.69. The van der Waals surface area contributed by atoms with Gasteiger partial charge in [-0.05, 0) is 39.0 Å². The van der Waals surface area contributed by atoms with Crippen LogP contribution in [0.15, 0.2) is 6.33 Å². The summed E-state index contributed by atoms with van der Waals surface area (Å²) in [4.78, 5) is 4.38. The molecule has 0 radical (unpaired) electrons. The van der Waals surface area contributed by atoms with E-state index in [9.17, 15) is 0 Å². The zero-order valence-electron chi connectivity index (χ0n) is 12.6. The van der Waals surface area contributed by atoms with Crippen molar-refractivity contribution in [2.24, 2.45) is 12.5 Å². The van der Waals surface area contributed by atoms with E-state index < -0.39 is 0 Å². The molecule has 0 unspecified atom stereocenters. The second-order valence-electron chi connectivity index (χ2n) is 6.69. The van der Waals surface area contributed by atoms with E-state index in [1.54, 1.807) is 6.33 Å². The molecule has 1 aromatic rings. The Kier molecular flexibility index (Phi) is 4.26. The van der Waals surface area contributed by atoms with Gasteiger partial charge in [-0.2, -0.15) is 5.10 Å². The molecule has 0 aliphatic carbocycles. The van der Waals surface area contributed by atoms with Gasteiger partial charge in [0.2, 0.25) is 0 Å². The van der Waals surface area contributed by atoms with Crippen molar-refractivity contribution in [1.29, 1.82) is 0 Å². The van der Waals surface area contributed by atoms with Crippen LogP contribution >= 0.6 is 0 Å². The van der Waals surface area contributed by atoms with E-state index in [1.807, 2.05) is 11.7 Å². The van der Waals surface area contributed by atoms with Crippen molar-refractivity contribution in [2.45, 2.75) is 45.6 Å². The number of nitrogens with zero attached hydrogens (tertiary/aromatic N) is 3. The Balaban J connectivity index is 2.08. The number of hydrogen-bond acceptors (Lipinski definition) is 4. The monoisotopic (exact) mass is 266 g/mol. The van der Waals surface area contributed by atoms with Crippen LogP contribution in [0.4, 0.5) is 0 Å². The number of hydrogen-bond donors (Lipinski definition) is 1. The van der Waals surface area contributed by atoms with Crippen LogP contribution in [-0.2, 0) is 18.2 Å². The highest BCUT2D eigenvalue weighted by molar-refractivity contribution is 4.97. The molecule has 0 saturated carbocycles. The van der Waals surface area contributed by atoms with Gasteiger partial charge in [0, 0.05) is 38.8 Å². The van der Waals surface area contributed by atoms with Gasteiger partial charge in [-0.25, -0.2) is 4.98 Å². The number of nitrogens with one attached hydrogen (secondary N) is 1. The molecule has 5 heteroatoms. The molecule has 108 valence electrons. The first-order valence-corrected chi connectivity index (χ1v) is 7.06. The molecule has 0 spiro atoms. The van der Waals surface area contributed by atoms with Crippen molar-refractivity contribution < 1.29 is 4.74 Å². The van der Waals surface area contributed by atoms with Gasteiger partial charge in [-0.3, -0.25) is 4.68 Å². The predicted molar refractivity (Wildman–Crippen MR) is 74.9 cm³/mol. The Hall–Kier alpha value is -0.940. The van der Waals surface area contributed by atoms with Crippen molar-refractivity contribution >= 4 is 0 Å². The summed E-state index contributed by atoms with van der Waals surface area (Å²) in [5, 5.41) is 7.83. The van der Waals surface area contributed by atoms with Crippen molar-refractivity contribution in [2.75, 3.05) is 19.8 Å². The smallest absolute Gasteiger partial charge is 0.138 e. The Labute approximate surface area is 115 Å². The van der Waals surface area contributed by atoms with Gasteiger partial charge in [-0.15, -0.1) is 0 Å². The number of aromatic nitrogens is 3. The lowest BCUT2D eigenvalue weighted by Gasteiger charge is -2.39. The normalized spacial score (nSPS) is 19.6. The maximum absolute atomic E-state index is 5.54. The molecule has 0 amide bonds. The van der Waals surface area contributed by atoms with E-state index in [0.717, 1.165) is 44.8 Å². The largest absolute Gasteiger partial charge is 0.381 e. The summed E-state index contributed by atoms with van der Waals surface area (Å²) in [6.45, 7) is 9.34. The minimum Gasteiger partial charge on any atom is -0.381 e. The van der Waals surface area contributed by atoms with Crippen molar-refractivity contribution in [3.05, 3.63) is 12.2 Å². The first-order valence-electron chi connectivity index (χ1n) is 7.06. The van der Waals surface area contributed by atoms with Gasteiger partial charge in [0.05, 0.1) is 0 Å². The zero-order valence-corrected chi connectivity index (χ0v) is 12.6. The van der Waals surface area contributed by atoms with Gasteiger partial charge in [-0.1, -0.05) is 0 Å². The molecule has 1 saturated heterocycles. The van der Waals surface area contributed by atoms with Crippen LogP contribution in [-0.4, -0.2) is 40.1 Å². The maximum atomic E-state index is 5.54. The third-order valence-corrected chi connectivity index (χ3v) is 3.89. The number of rotatable bonds is 4. The van der Waals surface area contributed by atoms with E-state index in [0.29, 0.717) is 0 Å². The highest BCUT2D eigenvalue weighted by Crippen LogP contribution is 2.33. The third-order valence-electron chi connectivity index (χ3n) is 3.89. The zero-order chi connectivity index (χ0) is 13.9. The van der Waals surface area contributed by atoms with Crippen LogP contribution in [0.5, 0.6) is 0 Å². The molecule has 2 heterocycles. The molecule has 1 aliphatic rings. The van der Waals surface area contributed by atoms with E-state index in [1.165, 1.54) is 0 Å². The quantitative estimate of drug-likeness (QED) is 0.898. The average Bonchev–Trinajstić information content (AvgIpc) is 2.73. The minimum absolute atomic E-state index is 0.144. The highest BCUT2D eigenvalue weighted by Gasteiger charge is 2.35. The summed E-state index contributed by atoms with van der Waals surface area (Å²) in [5.74, 6) is 1.07. The van der Waals surface area contributed by atoms with Gasteiger partial charge in [0.25, 0.3) is 0 Å². The van der Waals surface area contributed by atoms with Crippen molar-refractivity contribution in [3.63, 3.8) is 0 Å². The first kappa shape index (κ1) is 14.5. The van der Waals surface area contributed by atoms with Gasteiger partial charge in [0.15, 0.2) is 0 Å². The highest BCUT2D eigenvalue weighted by atomic mass is 16.5. The van der Waals surface area contributed by atoms with Crippen LogP contribution in [0.3, 0.4) is 0 Å². The number of ether oxygens (including phenoxy) is 1. The summed E-state index contributed by atoms with van der Waals surface area (Å²) < 4.78 is 7.42. The van der Waals surface area contributed by atoms with Gasteiger partial charge in [0.1, 0.15) is 12.2 Å². The summed E-state index contributed by atoms with van der Waals surface area (Å²) in [6, 6.07) is 0. The Morgan fingerprint density at radius 2 is 2.05 bits per heavy atom. The van der Waals surface area contributed by atoms with Gasteiger partial charge < -0.3 is 10.1 Å².